The van der Waals surface area contributed by atoms with E-state index in [4.69, 9.17) is 4.98 Å². The summed E-state index contributed by atoms with van der Waals surface area (Å²) in [6.07, 6.45) is 0. The highest BCUT2D eigenvalue weighted by Gasteiger charge is 2.46. The van der Waals surface area contributed by atoms with Crippen molar-refractivity contribution in [2.75, 3.05) is 4.90 Å². The van der Waals surface area contributed by atoms with E-state index < -0.39 is 5.41 Å². The molecule has 10 aromatic rings. The molecule has 0 saturated heterocycles. The molecular formula is C58H40N2. The maximum Gasteiger partial charge on any atom is 0.0788 e. The normalized spacial score (nSPS) is 12.5. The Kier molecular flexibility index (Phi) is 8.75. The number of fused-ring (bicyclic) bond motifs is 4. The van der Waals surface area contributed by atoms with Gasteiger partial charge in [-0.05, 0) is 98.6 Å². The van der Waals surface area contributed by atoms with Gasteiger partial charge in [0, 0.05) is 33.6 Å². The zero-order valence-electron chi connectivity index (χ0n) is 33.0. The average molecular weight is 765 g/mol. The van der Waals surface area contributed by atoms with E-state index >= 15 is 0 Å². The Bertz CT molecular complexity index is 3060. The Hall–Kier alpha value is -7.81. The third-order valence-electron chi connectivity index (χ3n) is 12.1. The smallest absolute Gasteiger partial charge is 0.0788 e. The van der Waals surface area contributed by atoms with Crippen molar-refractivity contribution in [3.05, 3.63) is 265 Å². The summed E-state index contributed by atoms with van der Waals surface area (Å²) in [6, 6.07) is 87.8. The molecule has 2 nitrogen and oxygen atoms in total. The van der Waals surface area contributed by atoms with Gasteiger partial charge < -0.3 is 4.90 Å². The lowest BCUT2D eigenvalue weighted by molar-refractivity contribution is 0.768. The number of hydrogen-bond donors (Lipinski definition) is 0. The molecule has 1 aliphatic carbocycles. The second-order valence-corrected chi connectivity index (χ2v) is 15.5. The lowest BCUT2D eigenvalue weighted by Gasteiger charge is -2.35. The van der Waals surface area contributed by atoms with E-state index in [1.807, 2.05) is 0 Å². The third-order valence-corrected chi connectivity index (χ3v) is 12.1. The fourth-order valence-electron chi connectivity index (χ4n) is 9.39. The van der Waals surface area contributed by atoms with E-state index in [9.17, 15) is 0 Å². The second kappa shape index (κ2) is 14.8. The largest absolute Gasteiger partial charge is 0.310 e. The summed E-state index contributed by atoms with van der Waals surface area (Å²) < 4.78 is 0. The first-order valence-corrected chi connectivity index (χ1v) is 20.6. The minimum absolute atomic E-state index is 0.507. The van der Waals surface area contributed by atoms with Gasteiger partial charge in [0.25, 0.3) is 0 Å². The topological polar surface area (TPSA) is 16.1 Å². The van der Waals surface area contributed by atoms with Crippen LogP contribution in [0.1, 0.15) is 22.3 Å². The minimum Gasteiger partial charge on any atom is -0.310 e. The molecule has 1 aromatic heterocycles. The summed E-state index contributed by atoms with van der Waals surface area (Å²) in [5.41, 5.74) is 18.0. The zero-order valence-corrected chi connectivity index (χ0v) is 33.0. The SMILES string of the molecule is c1ccc(-c2ccc(N(c3ccc(-c4nc5ccccc5cc4-c4ccccc4)cc3)c3ccc4c(c3)C(c3ccccc3)(c3ccccc3)c3ccccc3-4)cc2)cc1. The number of anilines is 3. The summed E-state index contributed by atoms with van der Waals surface area (Å²) in [4.78, 5) is 7.67. The molecule has 0 unspecified atom stereocenters. The van der Waals surface area contributed by atoms with Gasteiger partial charge in [0.2, 0.25) is 0 Å². The summed E-state index contributed by atoms with van der Waals surface area (Å²) in [6.45, 7) is 0. The summed E-state index contributed by atoms with van der Waals surface area (Å²) in [5.74, 6) is 0. The van der Waals surface area contributed by atoms with Crippen LogP contribution in [0.15, 0.2) is 243 Å². The van der Waals surface area contributed by atoms with Crippen LogP contribution < -0.4 is 4.90 Å². The number of aromatic nitrogens is 1. The van der Waals surface area contributed by atoms with Gasteiger partial charge in [-0.15, -0.1) is 0 Å². The van der Waals surface area contributed by atoms with Crippen LogP contribution in [0.5, 0.6) is 0 Å². The van der Waals surface area contributed by atoms with Crippen LogP contribution in [0.25, 0.3) is 55.5 Å². The van der Waals surface area contributed by atoms with E-state index in [2.05, 4.69) is 248 Å². The lowest BCUT2D eigenvalue weighted by Crippen LogP contribution is -2.28. The lowest BCUT2D eigenvalue weighted by atomic mass is 9.67. The van der Waals surface area contributed by atoms with Gasteiger partial charge in [-0.3, -0.25) is 0 Å². The van der Waals surface area contributed by atoms with Crippen molar-refractivity contribution in [2.45, 2.75) is 5.41 Å². The molecule has 0 saturated carbocycles. The minimum atomic E-state index is -0.507. The van der Waals surface area contributed by atoms with Gasteiger partial charge in [0.05, 0.1) is 16.6 Å². The fraction of sp³-hybridized carbons (Fsp3) is 0.0172. The Morgan fingerprint density at radius 1 is 0.317 bits per heavy atom. The highest BCUT2D eigenvalue weighted by atomic mass is 15.1. The van der Waals surface area contributed by atoms with Crippen molar-refractivity contribution in [1.82, 2.24) is 4.98 Å². The zero-order chi connectivity index (χ0) is 39.9. The van der Waals surface area contributed by atoms with Crippen molar-refractivity contribution < 1.29 is 0 Å². The van der Waals surface area contributed by atoms with Gasteiger partial charge >= 0.3 is 0 Å². The third kappa shape index (κ3) is 5.92. The first-order valence-electron chi connectivity index (χ1n) is 20.6. The first-order chi connectivity index (χ1) is 29.8. The van der Waals surface area contributed by atoms with Crippen molar-refractivity contribution in [3.8, 4) is 44.6 Å². The van der Waals surface area contributed by atoms with Crippen LogP contribution in [0.2, 0.25) is 0 Å². The maximum absolute atomic E-state index is 5.27. The van der Waals surface area contributed by atoms with E-state index in [1.54, 1.807) is 0 Å². The monoisotopic (exact) mass is 764 g/mol. The number of rotatable bonds is 8. The molecule has 1 aliphatic rings. The highest BCUT2D eigenvalue weighted by molar-refractivity contribution is 5.93. The predicted octanol–water partition coefficient (Wildman–Crippen LogP) is 15.1. The van der Waals surface area contributed by atoms with Crippen molar-refractivity contribution in [3.63, 3.8) is 0 Å². The van der Waals surface area contributed by atoms with Crippen LogP contribution in [0.3, 0.4) is 0 Å². The van der Waals surface area contributed by atoms with E-state index in [0.29, 0.717) is 0 Å². The average Bonchev–Trinajstić information content (AvgIpc) is 3.63. The molecular weight excluding hydrogens is 725 g/mol. The van der Waals surface area contributed by atoms with Crippen LogP contribution >= 0.6 is 0 Å². The number of benzene rings is 9. The summed E-state index contributed by atoms with van der Waals surface area (Å²) >= 11 is 0. The first kappa shape index (κ1) is 35.4. The Morgan fingerprint density at radius 2 is 0.800 bits per heavy atom. The number of para-hydroxylation sites is 1. The van der Waals surface area contributed by atoms with Crippen LogP contribution in [0, 0.1) is 0 Å². The number of pyridine rings is 1. The Labute approximate surface area is 351 Å². The molecule has 0 amide bonds. The second-order valence-electron chi connectivity index (χ2n) is 15.5. The van der Waals surface area contributed by atoms with Crippen molar-refractivity contribution in [2.24, 2.45) is 0 Å². The molecule has 0 spiro atoms. The molecule has 60 heavy (non-hydrogen) atoms. The van der Waals surface area contributed by atoms with Crippen molar-refractivity contribution in [1.29, 1.82) is 0 Å². The Balaban J connectivity index is 1.10. The van der Waals surface area contributed by atoms with Crippen molar-refractivity contribution >= 4 is 28.0 Å². The molecule has 0 bridgehead atoms. The van der Waals surface area contributed by atoms with Gasteiger partial charge in [0.1, 0.15) is 0 Å². The summed E-state index contributed by atoms with van der Waals surface area (Å²) in [7, 11) is 0. The molecule has 0 N–H and O–H groups in total. The molecule has 9 aromatic carbocycles. The fourth-order valence-corrected chi connectivity index (χ4v) is 9.39. The molecule has 2 heteroatoms. The standard InChI is InChI=1S/C58H40N2/c1-5-17-41(18-6-1)42-29-33-48(34-30-42)60(49-35-31-44(32-36-49)57-53(43-19-7-2-8-20-43)39-45-21-13-16-28-56(45)59-57)50-37-38-52-51-26-14-15-27-54(51)58(55(52)40-50,46-22-9-3-10-23-46)47-24-11-4-12-25-47/h1-40H. The van der Waals surface area contributed by atoms with Crippen LogP contribution in [0.4, 0.5) is 17.1 Å². The quantitative estimate of drug-likeness (QED) is 0.153. The molecule has 0 atom stereocenters. The van der Waals surface area contributed by atoms with Crippen LogP contribution in [-0.2, 0) is 5.41 Å². The van der Waals surface area contributed by atoms with E-state index in [-0.39, 0.29) is 0 Å². The summed E-state index contributed by atoms with van der Waals surface area (Å²) in [5, 5.41) is 1.13. The van der Waals surface area contributed by atoms with Gasteiger partial charge in [-0.1, -0.05) is 194 Å². The van der Waals surface area contributed by atoms with Gasteiger partial charge in [-0.2, -0.15) is 0 Å². The Morgan fingerprint density at radius 3 is 1.45 bits per heavy atom. The van der Waals surface area contributed by atoms with Gasteiger partial charge in [0.15, 0.2) is 0 Å². The highest BCUT2D eigenvalue weighted by Crippen LogP contribution is 2.57. The number of hydrogen-bond acceptors (Lipinski definition) is 2. The van der Waals surface area contributed by atoms with E-state index in [1.165, 1.54) is 44.5 Å². The molecule has 0 fully saturated rings. The molecule has 0 aliphatic heterocycles. The molecule has 1 heterocycles. The van der Waals surface area contributed by atoms with E-state index in [0.717, 1.165) is 50.3 Å². The molecule has 0 radical (unpaired) electrons. The predicted molar refractivity (Wildman–Crippen MR) is 250 cm³/mol. The molecule has 282 valence electrons. The van der Waals surface area contributed by atoms with Crippen LogP contribution in [-0.4, -0.2) is 4.98 Å². The van der Waals surface area contributed by atoms with Gasteiger partial charge in [-0.25, -0.2) is 4.98 Å². The maximum atomic E-state index is 5.27. The molecule has 11 rings (SSSR count). The number of nitrogens with zero attached hydrogens (tertiary/aromatic N) is 2.